The fourth-order valence-corrected chi connectivity index (χ4v) is 8.44. The van der Waals surface area contributed by atoms with Crippen molar-refractivity contribution in [1.29, 1.82) is 0 Å². The second-order valence-corrected chi connectivity index (χ2v) is 13.8. The summed E-state index contributed by atoms with van der Waals surface area (Å²) in [7, 11) is 1.05. The summed E-state index contributed by atoms with van der Waals surface area (Å²) >= 11 is 0. The van der Waals surface area contributed by atoms with E-state index in [0.717, 1.165) is 68.5 Å². The van der Waals surface area contributed by atoms with Crippen LogP contribution in [0.3, 0.4) is 0 Å². The van der Waals surface area contributed by atoms with Crippen molar-refractivity contribution in [2.24, 2.45) is 11.3 Å². The molecule has 12 heteroatoms. The van der Waals surface area contributed by atoms with Crippen molar-refractivity contribution in [2.45, 2.75) is 69.6 Å². The van der Waals surface area contributed by atoms with Crippen molar-refractivity contribution in [1.82, 2.24) is 19.6 Å². The van der Waals surface area contributed by atoms with Gasteiger partial charge < -0.3 is 19.6 Å². The van der Waals surface area contributed by atoms with Crippen LogP contribution in [0, 0.1) is 23.0 Å². The van der Waals surface area contributed by atoms with Crippen LogP contribution in [0.1, 0.15) is 68.5 Å². The second kappa shape index (κ2) is 13.5. The van der Waals surface area contributed by atoms with E-state index in [1.807, 2.05) is 35.2 Å². The molecule has 3 atom stereocenters. The monoisotopic (exact) mass is 672 g/mol. The van der Waals surface area contributed by atoms with Crippen LogP contribution in [-0.2, 0) is 9.59 Å². The van der Waals surface area contributed by atoms with Crippen molar-refractivity contribution >= 4 is 23.4 Å². The van der Waals surface area contributed by atoms with Gasteiger partial charge in [0.15, 0.2) is 0 Å². The zero-order valence-corrected chi connectivity index (χ0v) is 27.0. The first-order valence-corrected chi connectivity index (χ1v) is 16.8. The highest BCUT2D eigenvalue weighted by molar-refractivity contribution is 5.97. The smallest absolute Gasteiger partial charge is 0.339 e. The van der Waals surface area contributed by atoms with E-state index < -0.39 is 35.8 Å². The molecular formula is C36H41F5N4O3. The molecule has 6 rings (SSSR count). The Hall–Kier alpha value is -3.96. The van der Waals surface area contributed by atoms with Crippen molar-refractivity contribution in [2.75, 3.05) is 39.8 Å². The number of rotatable bonds is 5. The highest BCUT2D eigenvalue weighted by Crippen LogP contribution is 2.50. The van der Waals surface area contributed by atoms with Crippen molar-refractivity contribution in [3.05, 3.63) is 77.4 Å². The van der Waals surface area contributed by atoms with E-state index in [0.29, 0.717) is 37.5 Å². The lowest BCUT2D eigenvalue weighted by Gasteiger charge is -2.50. The number of hydrogen-bond acceptors (Lipinski definition) is 3. The van der Waals surface area contributed by atoms with E-state index in [2.05, 4.69) is 0 Å². The van der Waals surface area contributed by atoms with Crippen LogP contribution >= 0.6 is 0 Å². The largest absolute Gasteiger partial charge is 0.471 e. The Bertz CT molecular complexity index is 1560. The van der Waals surface area contributed by atoms with E-state index in [1.54, 1.807) is 11.0 Å². The standard InChI is InChI=1S/C36H41F5N4O3/c1-42(33(47)36(39,40)41)28-13-18-45(31(21-28)29-20-27(37)9-10-30(29)38)34(48)44-17-12-26(35(23-44)14-5-6-15-35)22-43-16-11-25(19-32(43)46)24-7-3-2-4-8-24/h2-4,7-10,19-20,26,28,31H,5-6,11-18,21-23H2,1H3/t26-,28-,31+/m1/s1. The molecule has 3 aliphatic heterocycles. The maximum atomic E-state index is 15.2. The molecule has 0 N–H and O–H groups in total. The average molecular weight is 673 g/mol. The van der Waals surface area contributed by atoms with Crippen LogP contribution in [0.4, 0.5) is 26.7 Å². The summed E-state index contributed by atoms with van der Waals surface area (Å²) in [5, 5.41) is 0. The third-order valence-electron chi connectivity index (χ3n) is 11.1. The zero-order chi connectivity index (χ0) is 34.2. The van der Waals surface area contributed by atoms with Gasteiger partial charge in [-0.2, -0.15) is 13.2 Å². The van der Waals surface area contributed by atoms with Gasteiger partial charge in [-0.3, -0.25) is 9.59 Å². The van der Waals surface area contributed by atoms with Gasteiger partial charge in [-0.1, -0.05) is 43.2 Å². The summed E-state index contributed by atoms with van der Waals surface area (Å²) in [6.45, 7) is 2.06. The Morgan fingerprint density at radius 3 is 2.40 bits per heavy atom. The first-order chi connectivity index (χ1) is 22.9. The van der Waals surface area contributed by atoms with Crippen LogP contribution in [0.5, 0.6) is 0 Å². The predicted octanol–water partition coefficient (Wildman–Crippen LogP) is 6.81. The number of benzene rings is 2. The SMILES string of the molecule is CN(C(=O)C(F)(F)F)[C@@H]1CCN(C(=O)N2CC[C@H](CN3CCC(c4ccccc4)=CC3=O)C3(CCCC3)C2)[C@H](c2cc(F)ccc2F)C1. The van der Waals surface area contributed by atoms with E-state index in [4.69, 9.17) is 0 Å². The van der Waals surface area contributed by atoms with Crippen LogP contribution in [0.2, 0.25) is 0 Å². The van der Waals surface area contributed by atoms with Crippen molar-refractivity contribution in [3.63, 3.8) is 0 Å². The molecule has 2 saturated heterocycles. The minimum absolute atomic E-state index is 0.0106. The lowest BCUT2D eigenvalue weighted by atomic mass is 9.69. The highest BCUT2D eigenvalue weighted by Gasteiger charge is 2.50. The zero-order valence-electron chi connectivity index (χ0n) is 27.0. The highest BCUT2D eigenvalue weighted by atomic mass is 19.4. The van der Waals surface area contributed by atoms with E-state index >= 15 is 4.39 Å². The van der Waals surface area contributed by atoms with Crippen LogP contribution in [-0.4, -0.2) is 89.4 Å². The molecule has 258 valence electrons. The molecule has 0 bridgehead atoms. The Kier molecular flexibility index (Phi) is 9.55. The fourth-order valence-electron chi connectivity index (χ4n) is 8.44. The lowest BCUT2D eigenvalue weighted by molar-refractivity contribution is -0.187. The molecule has 2 aromatic carbocycles. The van der Waals surface area contributed by atoms with Crippen LogP contribution < -0.4 is 0 Å². The Morgan fingerprint density at radius 2 is 1.71 bits per heavy atom. The van der Waals surface area contributed by atoms with Crippen LogP contribution in [0.25, 0.3) is 5.57 Å². The van der Waals surface area contributed by atoms with Crippen LogP contribution in [0.15, 0.2) is 54.6 Å². The molecule has 4 aliphatic rings. The topological polar surface area (TPSA) is 64.2 Å². The Labute approximate surface area is 277 Å². The summed E-state index contributed by atoms with van der Waals surface area (Å²) < 4.78 is 69.4. The van der Waals surface area contributed by atoms with Gasteiger partial charge in [0.25, 0.3) is 0 Å². The van der Waals surface area contributed by atoms with Gasteiger partial charge in [-0.25, -0.2) is 13.6 Å². The summed E-state index contributed by atoms with van der Waals surface area (Å²) in [6.07, 6.45) is 1.80. The molecule has 1 aliphatic carbocycles. The van der Waals surface area contributed by atoms with Crippen molar-refractivity contribution < 1.29 is 36.3 Å². The van der Waals surface area contributed by atoms with Gasteiger partial charge in [-0.05, 0) is 79.2 Å². The quantitative estimate of drug-likeness (QED) is 0.328. The molecular weight excluding hydrogens is 631 g/mol. The summed E-state index contributed by atoms with van der Waals surface area (Å²) in [4.78, 5) is 45.3. The number of likely N-dealkylation sites (tertiary alicyclic amines) is 2. The maximum Gasteiger partial charge on any atom is 0.471 e. The van der Waals surface area contributed by atoms with Gasteiger partial charge in [0.1, 0.15) is 11.6 Å². The fraction of sp³-hybridized carbons (Fsp3) is 0.528. The van der Waals surface area contributed by atoms with E-state index in [1.165, 1.54) is 4.90 Å². The third kappa shape index (κ3) is 6.80. The molecule has 0 radical (unpaired) electrons. The number of carbonyl (C=O) groups is 3. The third-order valence-corrected chi connectivity index (χ3v) is 11.1. The molecule has 4 amide bonds. The molecule has 48 heavy (non-hydrogen) atoms. The average Bonchev–Trinajstić information content (AvgIpc) is 3.54. The second-order valence-electron chi connectivity index (χ2n) is 13.8. The van der Waals surface area contributed by atoms with Gasteiger partial charge in [0.2, 0.25) is 5.91 Å². The number of hydrogen-bond donors (Lipinski definition) is 0. The first kappa shape index (κ1) is 33.9. The van der Waals surface area contributed by atoms with Crippen molar-refractivity contribution in [3.8, 4) is 0 Å². The summed E-state index contributed by atoms with van der Waals surface area (Å²) in [5.74, 6) is -3.35. The number of carbonyl (C=O) groups excluding carboxylic acids is 3. The Morgan fingerprint density at radius 1 is 0.979 bits per heavy atom. The predicted molar refractivity (Wildman–Crippen MR) is 169 cm³/mol. The molecule has 2 aromatic rings. The lowest BCUT2D eigenvalue weighted by Crippen LogP contribution is -2.58. The number of amides is 4. The maximum absolute atomic E-state index is 15.2. The number of alkyl halides is 3. The van der Waals surface area contributed by atoms with Gasteiger partial charge in [0.05, 0.1) is 6.04 Å². The summed E-state index contributed by atoms with van der Waals surface area (Å²) in [5.41, 5.74) is 1.74. The number of urea groups is 1. The molecule has 3 fully saturated rings. The summed E-state index contributed by atoms with van der Waals surface area (Å²) in [6, 6.07) is 10.4. The minimum Gasteiger partial charge on any atom is -0.339 e. The Balaban J connectivity index is 1.19. The molecule has 0 unspecified atom stereocenters. The normalized spacial score (nSPS) is 24.5. The number of piperidine rings is 2. The molecule has 7 nitrogen and oxygen atoms in total. The number of halogens is 5. The number of nitrogens with zero attached hydrogens (tertiary/aromatic N) is 4. The minimum atomic E-state index is -5.08. The molecule has 1 saturated carbocycles. The van der Waals surface area contributed by atoms with Gasteiger partial charge >= 0.3 is 18.1 Å². The van der Waals surface area contributed by atoms with E-state index in [-0.39, 0.29) is 48.2 Å². The first-order valence-electron chi connectivity index (χ1n) is 16.8. The van der Waals surface area contributed by atoms with Gasteiger partial charge in [0, 0.05) is 57.5 Å². The molecule has 0 aromatic heterocycles. The molecule has 1 spiro atoms. The van der Waals surface area contributed by atoms with E-state index in [9.17, 15) is 31.9 Å². The molecule has 3 heterocycles. The van der Waals surface area contributed by atoms with Gasteiger partial charge in [-0.15, -0.1) is 0 Å².